The Balaban J connectivity index is 0.00000442. The predicted octanol–water partition coefficient (Wildman–Crippen LogP) is 1.52. The van der Waals surface area contributed by atoms with E-state index in [9.17, 15) is 14.4 Å². The van der Waals surface area contributed by atoms with Crippen molar-refractivity contribution in [3.05, 3.63) is 88.4 Å². The molecule has 10 nitrogen and oxygen atoms in total. The highest BCUT2D eigenvalue weighted by molar-refractivity contribution is 6.30. The van der Waals surface area contributed by atoms with Crippen LogP contribution in [0.3, 0.4) is 0 Å². The molecule has 1 fully saturated rings. The van der Waals surface area contributed by atoms with E-state index in [1.165, 1.54) is 0 Å². The average Bonchev–Trinajstić information content (AvgIpc) is 3.59. The molecule has 3 atom stereocenters. The molecule has 2 heterocycles. The monoisotopic (exact) mass is 734 g/mol. The number of hydrogen-bond donors (Lipinski definition) is 3. The zero-order valence-corrected chi connectivity index (χ0v) is 27.5. The second-order valence-corrected chi connectivity index (χ2v) is 11.6. The third-order valence-electron chi connectivity index (χ3n) is 7.63. The summed E-state index contributed by atoms with van der Waals surface area (Å²) in [6, 6.07) is 18.2. The fourth-order valence-electron chi connectivity index (χ4n) is 5.56. The first-order chi connectivity index (χ1) is 20.7. The van der Waals surface area contributed by atoms with Crippen molar-refractivity contribution in [1.82, 2.24) is 10.6 Å². The Hall–Kier alpha value is -3.55. The minimum absolute atomic E-state index is 0. The summed E-state index contributed by atoms with van der Waals surface area (Å²) in [7, 11) is 2.18. The minimum Gasteiger partial charge on any atom is -1.00 e. The summed E-state index contributed by atoms with van der Waals surface area (Å²) in [6.45, 7) is 4.70. The summed E-state index contributed by atoms with van der Waals surface area (Å²) < 4.78 is 16.7. The number of ether oxygens (including phenoxy) is 3. The molecule has 0 radical (unpaired) electrons. The number of likely N-dealkylation sites (tertiary alicyclic amines) is 1. The lowest BCUT2D eigenvalue weighted by Gasteiger charge is -2.30. The van der Waals surface area contributed by atoms with Crippen LogP contribution in [0.1, 0.15) is 34.8 Å². The molecule has 3 amide bonds. The van der Waals surface area contributed by atoms with E-state index in [2.05, 4.69) is 29.1 Å². The van der Waals surface area contributed by atoms with Gasteiger partial charge in [-0.25, -0.2) is 9.59 Å². The number of carbonyl (C=O) groups excluding carboxylic acids is 3. The van der Waals surface area contributed by atoms with E-state index in [1.807, 2.05) is 24.3 Å². The standard InChI is InChI=1S/C32H35ClN4O6.HI/c1-3-41-31(39)23-8-10-25(11-9-23)35-32(40)36-27(16-21-5-4-6-24(33)15-21)30(38)34-26-13-14-37(2,19-26)18-22-7-12-28-29(17-22)43-20-42-28;/h4-12,15,17,26-27H,3,13-14,16,18-20H2,1-2H3,(H2-,34,35,36,38,39,40);1H/t26-,27-,37?;/m0./s1. The Kier molecular flexibility index (Phi) is 11.3. The summed E-state index contributed by atoms with van der Waals surface area (Å²) in [4.78, 5) is 38.5. The second kappa shape index (κ2) is 15.0. The molecule has 1 saturated heterocycles. The number of esters is 1. The molecule has 234 valence electrons. The molecule has 0 aliphatic carbocycles. The molecule has 0 saturated carbocycles. The number of urea groups is 1. The fourth-order valence-corrected chi connectivity index (χ4v) is 5.78. The third-order valence-corrected chi connectivity index (χ3v) is 7.87. The van der Waals surface area contributed by atoms with Crippen molar-refractivity contribution in [2.24, 2.45) is 0 Å². The van der Waals surface area contributed by atoms with Crippen LogP contribution in [0.15, 0.2) is 66.7 Å². The highest BCUT2D eigenvalue weighted by Crippen LogP contribution is 2.34. The molecule has 1 unspecified atom stereocenters. The lowest BCUT2D eigenvalue weighted by atomic mass is 10.0. The predicted molar refractivity (Wildman–Crippen MR) is 162 cm³/mol. The first-order valence-electron chi connectivity index (χ1n) is 14.3. The first kappa shape index (κ1) is 33.3. The smallest absolute Gasteiger partial charge is 0.338 e. The van der Waals surface area contributed by atoms with Crippen LogP contribution < -0.4 is 49.4 Å². The summed E-state index contributed by atoms with van der Waals surface area (Å²) in [6.07, 6.45) is 1.08. The number of benzene rings is 3. The molecule has 2 aliphatic rings. The van der Waals surface area contributed by atoms with Gasteiger partial charge < -0.3 is 58.6 Å². The number of nitrogens with one attached hydrogen (secondary N) is 3. The van der Waals surface area contributed by atoms with Crippen molar-refractivity contribution >= 4 is 35.2 Å². The first-order valence-corrected chi connectivity index (χ1v) is 14.7. The van der Waals surface area contributed by atoms with Gasteiger partial charge in [-0.2, -0.15) is 0 Å². The van der Waals surface area contributed by atoms with Crippen LogP contribution in [0.2, 0.25) is 5.02 Å². The maximum Gasteiger partial charge on any atom is 0.338 e. The summed E-state index contributed by atoms with van der Waals surface area (Å²) in [5, 5.41) is 9.29. The van der Waals surface area contributed by atoms with Gasteiger partial charge in [0.1, 0.15) is 12.6 Å². The number of carbonyl (C=O) groups is 3. The summed E-state index contributed by atoms with van der Waals surface area (Å²) >= 11 is 6.19. The molecule has 3 N–H and O–H groups in total. The van der Waals surface area contributed by atoms with E-state index in [1.54, 1.807) is 43.3 Å². The SMILES string of the molecule is CCOC(=O)c1ccc(NC(=O)N[C@@H](Cc2cccc(Cl)c2)C(=O)N[C@H]2CC[N+](C)(Cc3ccc4c(c3)OCO4)C2)cc1.[I-]. The molecular formula is C32H36ClIN4O6. The van der Waals surface area contributed by atoms with Crippen LogP contribution in [0.5, 0.6) is 11.5 Å². The summed E-state index contributed by atoms with van der Waals surface area (Å²) in [5.74, 6) is 0.814. The quantitative estimate of drug-likeness (QED) is 0.166. The molecule has 5 rings (SSSR count). The molecule has 3 aromatic rings. The van der Waals surface area contributed by atoms with E-state index in [-0.39, 0.29) is 55.7 Å². The maximum atomic E-state index is 13.6. The van der Waals surface area contributed by atoms with Gasteiger partial charge in [-0.3, -0.25) is 4.79 Å². The van der Waals surface area contributed by atoms with Crippen LogP contribution in [-0.2, 0) is 22.5 Å². The van der Waals surface area contributed by atoms with Gasteiger partial charge in [0.15, 0.2) is 11.5 Å². The van der Waals surface area contributed by atoms with Crippen molar-refractivity contribution in [3.63, 3.8) is 0 Å². The largest absolute Gasteiger partial charge is 1.00 e. The lowest BCUT2D eigenvalue weighted by Crippen LogP contribution is -3.00. The third kappa shape index (κ3) is 8.76. The zero-order valence-electron chi connectivity index (χ0n) is 24.6. The number of fused-ring (bicyclic) bond motifs is 1. The summed E-state index contributed by atoms with van der Waals surface area (Å²) in [5.41, 5.74) is 2.82. The highest BCUT2D eigenvalue weighted by Gasteiger charge is 2.37. The lowest BCUT2D eigenvalue weighted by molar-refractivity contribution is -0.911. The van der Waals surface area contributed by atoms with E-state index in [0.29, 0.717) is 16.3 Å². The Bertz CT molecular complexity index is 1490. The van der Waals surface area contributed by atoms with Crippen LogP contribution in [-0.4, -0.2) is 68.0 Å². The Morgan fingerprint density at radius 3 is 2.55 bits per heavy atom. The van der Waals surface area contributed by atoms with Gasteiger partial charge >= 0.3 is 12.0 Å². The van der Waals surface area contributed by atoms with Gasteiger partial charge in [-0.05, 0) is 67.1 Å². The Morgan fingerprint density at radius 1 is 1.02 bits per heavy atom. The molecule has 2 aliphatic heterocycles. The van der Waals surface area contributed by atoms with Crippen molar-refractivity contribution in [2.45, 2.75) is 38.4 Å². The van der Waals surface area contributed by atoms with E-state index < -0.39 is 18.0 Å². The van der Waals surface area contributed by atoms with Crippen molar-refractivity contribution in [2.75, 3.05) is 38.9 Å². The van der Waals surface area contributed by atoms with E-state index in [0.717, 1.165) is 53.2 Å². The van der Waals surface area contributed by atoms with Gasteiger partial charge in [0.2, 0.25) is 12.7 Å². The fraction of sp³-hybridized carbons (Fsp3) is 0.344. The topological polar surface area (TPSA) is 115 Å². The highest BCUT2D eigenvalue weighted by atomic mass is 127. The molecule has 0 spiro atoms. The van der Waals surface area contributed by atoms with E-state index in [4.69, 9.17) is 25.8 Å². The van der Waals surface area contributed by atoms with Crippen LogP contribution in [0.25, 0.3) is 0 Å². The number of rotatable bonds is 10. The minimum atomic E-state index is -0.842. The maximum absolute atomic E-state index is 13.6. The molecule has 3 aromatic carbocycles. The Labute approximate surface area is 279 Å². The Morgan fingerprint density at radius 2 is 1.80 bits per heavy atom. The van der Waals surface area contributed by atoms with Crippen LogP contribution in [0.4, 0.5) is 10.5 Å². The molecule has 0 bridgehead atoms. The number of amides is 3. The number of quaternary nitrogens is 1. The van der Waals surface area contributed by atoms with Gasteiger partial charge in [0.05, 0.1) is 38.3 Å². The number of likely N-dealkylation sites (N-methyl/N-ethyl adjacent to an activating group) is 1. The average molecular weight is 735 g/mol. The number of halogens is 2. The molecule has 12 heteroatoms. The van der Waals surface area contributed by atoms with Gasteiger partial charge in [0, 0.05) is 29.1 Å². The van der Waals surface area contributed by atoms with Gasteiger partial charge in [0.25, 0.3) is 0 Å². The number of hydrogen-bond acceptors (Lipinski definition) is 6. The van der Waals surface area contributed by atoms with Crippen LogP contribution in [0, 0.1) is 0 Å². The van der Waals surface area contributed by atoms with Crippen LogP contribution >= 0.6 is 11.6 Å². The second-order valence-electron chi connectivity index (χ2n) is 11.1. The molecular weight excluding hydrogens is 699 g/mol. The van der Waals surface area contributed by atoms with Gasteiger partial charge in [-0.1, -0.05) is 23.7 Å². The number of nitrogens with zero attached hydrogens (tertiary/aromatic N) is 1. The normalized spacial score (nSPS) is 18.9. The van der Waals surface area contributed by atoms with Gasteiger partial charge in [-0.15, -0.1) is 0 Å². The van der Waals surface area contributed by atoms with Crippen molar-refractivity contribution in [1.29, 1.82) is 0 Å². The zero-order chi connectivity index (χ0) is 30.4. The van der Waals surface area contributed by atoms with Crippen molar-refractivity contribution in [3.8, 4) is 11.5 Å². The van der Waals surface area contributed by atoms with Crippen molar-refractivity contribution < 1.29 is 57.1 Å². The molecule has 44 heavy (non-hydrogen) atoms. The number of anilines is 1. The molecule has 0 aromatic heterocycles. The van der Waals surface area contributed by atoms with E-state index >= 15 is 0 Å².